The van der Waals surface area contributed by atoms with Crippen molar-refractivity contribution in [3.63, 3.8) is 0 Å². The largest absolute Gasteiger partial charge is 0.314 e. The molecule has 1 aliphatic heterocycles. The predicted octanol–water partition coefficient (Wildman–Crippen LogP) is 1.73. The molecule has 1 N–H and O–H groups in total. The summed E-state index contributed by atoms with van der Waals surface area (Å²) in [5.41, 5.74) is 0. The monoisotopic (exact) mass is 304 g/mol. The van der Waals surface area contributed by atoms with E-state index in [9.17, 15) is 17.2 Å². The van der Waals surface area contributed by atoms with Crippen LogP contribution in [0.1, 0.15) is 19.8 Å². The molecule has 1 aliphatic rings. The highest BCUT2D eigenvalue weighted by Gasteiger charge is 2.31. The van der Waals surface area contributed by atoms with Crippen LogP contribution >= 0.6 is 0 Å². The Labute approximate surface area is 117 Å². The maximum Gasteiger partial charge on any atom is 0.245 e. The lowest BCUT2D eigenvalue weighted by atomic mass is 10.1. The van der Waals surface area contributed by atoms with Crippen LogP contribution in [0.15, 0.2) is 23.1 Å². The Kier molecular flexibility index (Phi) is 4.72. The fourth-order valence-electron chi connectivity index (χ4n) is 2.41. The van der Waals surface area contributed by atoms with E-state index in [2.05, 4.69) is 5.32 Å². The number of nitrogens with zero attached hydrogens (tertiary/aromatic N) is 1. The second-order valence-electron chi connectivity index (χ2n) is 4.81. The lowest BCUT2D eigenvalue weighted by Crippen LogP contribution is -2.44. The van der Waals surface area contributed by atoms with Crippen LogP contribution in [0, 0.1) is 11.6 Å². The van der Waals surface area contributed by atoms with Gasteiger partial charge in [0.05, 0.1) is 0 Å². The third kappa shape index (κ3) is 3.16. The molecule has 0 spiro atoms. The standard InChI is InChI=1S/C13H18F2N2O2S/c1-2-16-11-5-7-17(8-6-11)20(18,19)13-4-3-10(14)9-12(13)15/h3-4,9,11,16H,2,5-8H2,1H3. The van der Waals surface area contributed by atoms with Crippen LogP contribution in [0.4, 0.5) is 8.78 Å². The zero-order valence-electron chi connectivity index (χ0n) is 11.3. The highest BCUT2D eigenvalue weighted by atomic mass is 32.2. The highest BCUT2D eigenvalue weighted by Crippen LogP contribution is 2.23. The Hall–Kier alpha value is -1.05. The van der Waals surface area contributed by atoms with Gasteiger partial charge in [0.2, 0.25) is 10.0 Å². The van der Waals surface area contributed by atoms with Gasteiger partial charge < -0.3 is 5.32 Å². The van der Waals surface area contributed by atoms with Crippen molar-refractivity contribution in [2.75, 3.05) is 19.6 Å². The molecule has 1 heterocycles. The molecule has 0 aliphatic carbocycles. The Morgan fingerprint density at radius 1 is 1.30 bits per heavy atom. The molecule has 1 saturated heterocycles. The molecular weight excluding hydrogens is 286 g/mol. The molecule has 0 atom stereocenters. The van der Waals surface area contributed by atoms with E-state index in [4.69, 9.17) is 0 Å². The number of halogens is 2. The first kappa shape index (κ1) is 15.3. The molecule has 7 heteroatoms. The zero-order chi connectivity index (χ0) is 14.8. The fourth-order valence-corrected chi connectivity index (χ4v) is 3.93. The summed E-state index contributed by atoms with van der Waals surface area (Å²) in [6.07, 6.45) is 1.38. The number of hydrogen-bond acceptors (Lipinski definition) is 3. The Morgan fingerprint density at radius 3 is 2.50 bits per heavy atom. The van der Waals surface area contributed by atoms with Crippen molar-refractivity contribution in [2.24, 2.45) is 0 Å². The van der Waals surface area contributed by atoms with E-state index in [1.807, 2.05) is 6.92 Å². The summed E-state index contributed by atoms with van der Waals surface area (Å²) >= 11 is 0. The average Bonchev–Trinajstić information content (AvgIpc) is 2.39. The molecule has 1 fully saturated rings. The van der Waals surface area contributed by atoms with Crippen molar-refractivity contribution in [3.05, 3.63) is 29.8 Å². The normalized spacial score (nSPS) is 18.4. The van der Waals surface area contributed by atoms with E-state index >= 15 is 0 Å². The summed E-state index contributed by atoms with van der Waals surface area (Å²) in [5, 5.41) is 3.27. The first-order valence-electron chi connectivity index (χ1n) is 6.63. The maximum absolute atomic E-state index is 13.6. The van der Waals surface area contributed by atoms with Crippen molar-refractivity contribution in [1.29, 1.82) is 0 Å². The number of hydrogen-bond donors (Lipinski definition) is 1. The van der Waals surface area contributed by atoms with E-state index in [0.29, 0.717) is 38.0 Å². The van der Waals surface area contributed by atoms with Crippen LogP contribution in [-0.4, -0.2) is 38.4 Å². The van der Waals surface area contributed by atoms with E-state index in [0.717, 1.165) is 18.7 Å². The van der Waals surface area contributed by atoms with Crippen molar-refractivity contribution in [2.45, 2.75) is 30.7 Å². The number of benzene rings is 1. The van der Waals surface area contributed by atoms with Crippen molar-refractivity contribution in [3.8, 4) is 0 Å². The van der Waals surface area contributed by atoms with Crippen LogP contribution in [-0.2, 0) is 10.0 Å². The van der Waals surface area contributed by atoms with Gasteiger partial charge in [-0.1, -0.05) is 6.92 Å². The van der Waals surface area contributed by atoms with Gasteiger partial charge in [-0.25, -0.2) is 17.2 Å². The van der Waals surface area contributed by atoms with Gasteiger partial charge in [-0.2, -0.15) is 4.31 Å². The third-order valence-corrected chi connectivity index (χ3v) is 5.39. The molecule has 2 rings (SSSR count). The summed E-state index contributed by atoms with van der Waals surface area (Å²) in [7, 11) is -3.88. The molecule has 4 nitrogen and oxygen atoms in total. The second-order valence-corrected chi connectivity index (χ2v) is 6.72. The number of rotatable bonds is 4. The van der Waals surface area contributed by atoms with Crippen molar-refractivity contribution >= 4 is 10.0 Å². The lowest BCUT2D eigenvalue weighted by Gasteiger charge is -2.31. The first-order valence-corrected chi connectivity index (χ1v) is 8.07. The molecule has 0 amide bonds. The van der Waals surface area contributed by atoms with E-state index in [1.54, 1.807) is 0 Å². The molecule has 1 aromatic carbocycles. The Balaban J connectivity index is 2.15. The molecule has 0 radical (unpaired) electrons. The van der Waals surface area contributed by atoms with Crippen LogP contribution in [0.2, 0.25) is 0 Å². The van der Waals surface area contributed by atoms with Gasteiger partial charge in [-0.05, 0) is 31.5 Å². The van der Waals surface area contributed by atoms with Crippen LogP contribution in [0.3, 0.4) is 0 Å². The van der Waals surface area contributed by atoms with Gasteiger partial charge >= 0.3 is 0 Å². The zero-order valence-corrected chi connectivity index (χ0v) is 12.1. The van der Waals surface area contributed by atoms with Gasteiger partial charge in [0.1, 0.15) is 16.5 Å². The molecule has 0 unspecified atom stereocenters. The Bertz CT molecular complexity index is 570. The van der Waals surface area contributed by atoms with Gasteiger partial charge in [0.15, 0.2) is 0 Å². The summed E-state index contributed by atoms with van der Waals surface area (Å²) in [6, 6.07) is 2.83. The minimum absolute atomic E-state index is 0.296. The third-order valence-electron chi connectivity index (χ3n) is 3.46. The molecular formula is C13H18F2N2O2S. The highest BCUT2D eigenvalue weighted by molar-refractivity contribution is 7.89. The molecule has 20 heavy (non-hydrogen) atoms. The van der Waals surface area contributed by atoms with Crippen molar-refractivity contribution < 1.29 is 17.2 Å². The summed E-state index contributed by atoms with van der Waals surface area (Å²) in [5.74, 6) is -1.83. The fraction of sp³-hybridized carbons (Fsp3) is 0.538. The Morgan fingerprint density at radius 2 is 1.95 bits per heavy atom. The number of piperidine rings is 1. The molecule has 1 aromatic rings. The van der Waals surface area contributed by atoms with E-state index in [1.165, 1.54) is 4.31 Å². The van der Waals surface area contributed by atoms with Crippen LogP contribution < -0.4 is 5.32 Å². The van der Waals surface area contributed by atoms with E-state index < -0.39 is 26.6 Å². The lowest BCUT2D eigenvalue weighted by molar-refractivity contribution is 0.291. The smallest absolute Gasteiger partial charge is 0.245 e. The minimum atomic E-state index is -3.88. The van der Waals surface area contributed by atoms with Gasteiger partial charge in [-0.3, -0.25) is 0 Å². The molecule has 0 saturated carbocycles. The predicted molar refractivity (Wildman–Crippen MR) is 71.8 cm³/mol. The summed E-state index contributed by atoms with van der Waals surface area (Å²) < 4.78 is 52.4. The maximum atomic E-state index is 13.6. The first-order chi connectivity index (χ1) is 9.45. The van der Waals surface area contributed by atoms with E-state index in [-0.39, 0.29) is 0 Å². The summed E-state index contributed by atoms with van der Waals surface area (Å²) in [4.78, 5) is -0.458. The minimum Gasteiger partial charge on any atom is -0.314 e. The average molecular weight is 304 g/mol. The van der Waals surface area contributed by atoms with Gasteiger partial charge in [-0.15, -0.1) is 0 Å². The summed E-state index contributed by atoms with van der Waals surface area (Å²) in [6.45, 7) is 3.52. The number of sulfonamides is 1. The van der Waals surface area contributed by atoms with Crippen LogP contribution in [0.5, 0.6) is 0 Å². The van der Waals surface area contributed by atoms with Crippen LogP contribution in [0.25, 0.3) is 0 Å². The molecule has 0 bridgehead atoms. The van der Waals surface area contributed by atoms with Gasteiger partial charge in [0, 0.05) is 25.2 Å². The quantitative estimate of drug-likeness (QED) is 0.921. The molecule has 112 valence electrons. The molecule has 0 aromatic heterocycles. The van der Waals surface area contributed by atoms with Crippen molar-refractivity contribution in [1.82, 2.24) is 9.62 Å². The number of nitrogens with one attached hydrogen (secondary N) is 1. The second kappa shape index (κ2) is 6.15. The topological polar surface area (TPSA) is 49.4 Å². The van der Waals surface area contributed by atoms with Gasteiger partial charge in [0.25, 0.3) is 0 Å². The SMILES string of the molecule is CCNC1CCN(S(=O)(=O)c2ccc(F)cc2F)CC1.